The summed E-state index contributed by atoms with van der Waals surface area (Å²) in [5.74, 6) is -0.129. The van der Waals surface area contributed by atoms with Gasteiger partial charge in [-0.25, -0.2) is 8.42 Å². The first-order valence-corrected chi connectivity index (χ1v) is 10.8. The van der Waals surface area contributed by atoms with Gasteiger partial charge in [-0.15, -0.1) is 6.58 Å². The van der Waals surface area contributed by atoms with Crippen LogP contribution in [0.4, 0.5) is 0 Å². The summed E-state index contributed by atoms with van der Waals surface area (Å²) < 4.78 is 27.3. The van der Waals surface area contributed by atoms with Crippen molar-refractivity contribution in [3.8, 4) is 0 Å². The van der Waals surface area contributed by atoms with Crippen LogP contribution < -0.4 is 5.32 Å². The number of hydrogen-bond acceptors (Lipinski definition) is 3. The molecule has 0 aliphatic carbocycles. The summed E-state index contributed by atoms with van der Waals surface area (Å²) in [6.45, 7) is 9.96. The van der Waals surface area contributed by atoms with Crippen LogP contribution in [0.2, 0.25) is 0 Å². The Labute approximate surface area is 168 Å². The molecule has 0 aromatic heterocycles. The van der Waals surface area contributed by atoms with Crippen LogP contribution in [0.5, 0.6) is 0 Å². The Kier molecular flexibility index (Phi) is 7.54. The molecule has 150 valence electrons. The molecular formula is C22H28N2O3S. The third-order valence-electron chi connectivity index (χ3n) is 4.56. The summed E-state index contributed by atoms with van der Waals surface area (Å²) in [5.41, 5.74) is 2.36. The lowest BCUT2D eigenvalue weighted by molar-refractivity contribution is 0.0939. The zero-order valence-corrected chi connectivity index (χ0v) is 17.5. The molecule has 1 atom stereocenters. The SMILES string of the molecule is C=CCN(Cc1ccc(C(=O)N[C@@H](C)CC)cc1)S(=O)(=O)c1ccc(C)cc1. The van der Waals surface area contributed by atoms with E-state index in [0.717, 1.165) is 17.5 Å². The van der Waals surface area contributed by atoms with E-state index in [1.165, 1.54) is 4.31 Å². The third-order valence-corrected chi connectivity index (χ3v) is 6.38. The van der Waals surface area contributed by atoms with E-state index in [1.54, 1.807) is 54.6 Å². The van der Waals surface area contributed by atoms with Crippen molar-refractivity contribution in [1.82, 2.24) is 9.62 Å². The van der Waals surface area contributed by atoms with Crippen molar-refractivity contribution in [2.75, 3.05) is 6.54 Å². The molecule has 0 saturated heterocycles. The van der Waals surface area contributed by atoms with Gasteiger partial charge in [-0.1, -0.05) is 42.8 Å². The Balaban J connectivity index is 2.19. The Morgan fingerprint density at radius 3 is 2.29 bits per heavy atom. The van der Waals surface area contributed by atoms with Gasteiger partial charge in [0.15, 0.2) is 0 Å². The molecule has 1 amide bonds. The molecule has 0 fully saturated rings. The molecule has 5 nitrogen and oxygen atoms in total. The molecule has 1 N–H and O–H groups in total. The van der Waals surface area contributed by atoms with Crippen molar-refractivity contribution in [2.24, 2.45) is 0 Å². The lowest BCUT2D eigenvalue weighted by Gasteiger charge is -2.21. The number of amides is 1. The highest BCUT2D eigenvalue weighted by Crippen LogP contribution is 2.19. The van der Waals surface area contributed by atoms with Gasteiger partial charge in [0.25, 0.3) is 5.91 Å². The van der Waals surface area contributed by atoms with Crippen molar-refractivity contribution in [2.45, 2.75) is 44.7 Å². The fraction of sp³-hybridized carbons (Fsp3) is 0.318. The van der Waals surface area contributed by atoms with Crippen LogP contribution in [0.25, 0.3) is 0 Å². The Morgan fingerprint density at radius 2 is 1.75 bits per heavy atom. The second-order valence-electron chi connectivity index (χ2n) is 6.88. The van der Waals surface area contributed by atoms with Gasteiger partial charge in [0.1, 0.15) is 0 Å². The molecule has 6 heteroatoms. The minimum absolute atomic E-state index is 0.106. The summed E-state index contributed by atoms with van der Waals surface area (Å²) >= 11 is 0. The standard InChI is InChI=1S/C22H28N2O3S/c1-5-15-24(28(26,27)21-13-7-17(3)8-14-21)16-19-9-11-20(12-10-19)22(25)23-18(4)6-2/h5,7-14,18H,1,6,15-16H2,2-4H3,(H,23,25)/t18-/m0/s1. The van der Waals surface area contributed by atoms with Crippen LogP contribution in [0.3, 0.4) is 0 Å². The second kappa shape index (κ2) is 9.66. The summed E-state index contributed by atoms with van der Waals surface area (Å²) in [6.07, 6.45) is 2.43. The highest BCUT2D eigenvalue weighted by molar-refractivity contribution is 7.89. The van der Waals surface area contributed by atoms with Gasteiger partial charge in [-0.05, 0) is 50.1 Å². The minimum Gasteiger partial charge on any atom is -0.350 e. The van der Waals surface area contributed by atoms with Gasteiger partial charge in [0, 0.05) is 24.7 Å². The number of aryl methyl sites for hydroxylation is 1. The zero-order chi connectivity index (χ0) is 20.7. The average Bonchev–Trinajstić information content (AvgIpc) is 2.68. The molecule has 0 saturated carbocycles. The van der Waals surface area contributed by atoms with Crippen LogP contribution in [-0.2, 0) is 16.6 Å². The molecule has 0 bridgehead atoms. The largest absolute Gasteiger partial charge is 0.350 e. The predicted molar refractivity (Wildman–Crippen MR) is 113 cm³/mol. The fourth-order valence-electron chi connectivity index (χ4n) is 2.63. The number of nitrogens with one attached hydrogen (secondary N) is 1. The first-order chi connectivity index (χ1) is 13.3. The molecule has 0 aliphatic heterocycles. The molecule has 0 spiro atoms. The molecule has 28 heavy (non-hydrogen) atoms. The number of benzene rings is 2. The van der Waals surface area contributed by atoms with E-state index in [9.17, 15) is 13.2 Å². The van der Waals surface area contributed by atoms with Gasteiger partial charge in [0.2, 0.25) is 10.0 Å². The lowest BCUT2D eigenvalue weighted by Crippen LogP contribution is -2.32. The van der Waals surface area contributed by atoms with E-state index in [-0.39, 0.29) is 29.9 Å². The average molecular weight is 401 g/mol. The van der Waals surface area contributed by atoms with Gasteiger partial charge in [0.05, 0.1) is 4.90 Å². The van der Waals surface area contributed by atoms with E-state index >= 15 is 0 Å². The van der Waals surface area contributed by atoms with E-state index in [1.807, 2.05) is 20.8 Å². The number of carbonyl (C=O) groups is 1. The van der Waals surface area contributed by atoms with Crippen molar-refractivity contribution in [3.05, 3.63) is 77.9 Å². The maximum Gasteiger partial charge on any atom is 0.251 e. The van der Waals surface area contributed by atoms with Crippen LogP contribution in [0, 0.1) is 6.92 Å². The van der Waals surface area contributed by atoms with Crippen molar-refractivity contribution in [1.29, 1.82) is 0 Å². The summed E-state index contributed by atoms with van der Waals surface area (Å²) in [5, 5.41) is 2.92. The molecule has 0 unspecified atom stereocenters. The van der Waals surface area contributed by atoms with Gasteiger partial charge >= 0.3 is 0 Å². The Morgan fingerprint density at radius 1 is 1.14 bits per heavy atom. The third kappa shape index (κ3) is 5.53. The Hall–Kier alpha value is -2.44. The number of nitrogens with zero attached hydrogens (tertiary/aromatic N) is 1. The van der Waals surface area contributed by atoms with Crippen LogP contribution in [0.15, 0.2) is 66.1 Å². The predicted octanol–water partition coefficient (Wildman–Crippen LogP) is 3.90. The second-order valence-corrected chi connectivity index (χ2v) is 8.82. The van der Waals surface area contributed by atoms with Crippen LogP contribution >= 0.6 is 0 Å². The number of carbonyl (C=O) groups excluding carboxylic acids is 1. The minimum atomic E-state index is -3.64. The number of rotatable bonds is 9. The number of sulfonamides is 1. The summed E-state index contributed by atoms with van der Waals surface area (Å²) in [7, 11) is -3.64. The highest BCUT2D eigenvalue weighted by atomic mass is 32.2. The van der Waals surface area contributed by atoms with Gasteiger partial charge in [-0.3, -0.25) is 4.79 Å². The van der Waals surface area contributed by atoms with Crippen molar-refractivity contribution >= 4 is 15.9 Å². The maximum absolute atomic E-state index is 13.0. The molecule has 2 aromatic rings. The zero-order valence-electron chi connectivity index (χ0n) is 16.7. The normalized spacial score (nSPS) is 12.6. The first kappa shape index (κ1) is 21.9. The smallest absolute Gasteiger partial charge is 0.251 e. The Bertz CT molecular complexity index is 904. The van der Waals surface area contributed by atoms with Crippen molar-refractivity contribution < 1.29 is 13.2 Å². The van der Waals surface area contributed by atoms with E-state index in [0.29, 0.717) is 5.56 Å². The topological polar surface area (TPSA) is 66.5 Å². The van der Waals surface area contributed by atoms with E-state index < -0.39 is 10.0 Å². The summed E-state index contributed by atoms with van der Waals surface area (Å²) in [4.78, 5) is 12.4. The van der Waals surface area contributed by atoms with Crippen LogP contribution in [-0.4, -0.2) is 31.2 Å². The van der Waals surface area contributed by atoms with Gasteiger partial charge in [-0.2, -0.15) is 4.31 Å². The molecule has 2 rings (SSSR count). The fourth-order valence-corrected chi connectivity index (χ4v) is 4.02. The summed E-state index contributed by atoms with van der Waals surface area (Å²) in [6, 6.07) is 13.9. The molecule has 0 heterocycles. The molecule has 0 aliphatic rings. The quantitative estimate of drug-likeness (QED) is 0.649. The van der Waals surface area contributed by atoms with E-state index in [4.69, 9.17) is 0 Å². The number of hydrogen-bond donors (Lipinski definition) is 1. The molecular weight excluding hydrogens is 372 g/mol. The lowest BCUT2D eigenvalue weighted by atomic mass is 10.1. The van der Waals surface area contributed by atoms with E-state index in [2.05, 4.69) is 11.9 Å². The molecule has 0 radical (unpaired) electrons. The monoisotopic (exact) mass is 400 g/mol. The van der Waals surface area contributed by atoms with Crippen molar-refractivity contribution in [3.63, 3.8) is 0 Å². The molecule has 2 aromatic carbocycles. The first-order valence-electron chi connectivity index (χ1n) is 9.35. The highest BCUT2D eigenvalue weighted by Gasteiger charge is 2.23. The van der Waals surface area contributed by atoms with Gasteiger partial charge < -0.3 is 5.32 Å². The van der Waals surface area contributed by atoms with Crippen LogP contribution in [0.1, 0.15) is 41.8 Å². The maximum atomic E-state index is 13.0.